The molecule has 0 atom stereocenters. The summed E-state index contributed by atoms with van der Waals surface area (Å²) < 4.78 is 13.0. The van der Waals surface area contributed by atoms with E-state index < -0.39 is 0 Å². The van der Waals surface area contributed by atoms with E-state index >= 15 is 0 Å². The number of anilines is 1. The number of carbonyl (C=O) groups excluding carboxylic acids is 2. The number of carbonyl (C=O) groups is 2. The van der Waals surface area contributed by atoms with E-state index in [1.165, 1.54) is 19.1 Å². The lowest BCUT2D eigenvalue weighted by molar-refractivity contribution is -0.114. The van der Waals surface area contributed by atoms with E-state index in [1.54, 1.807) is 36.4 Å². The average Bonchev–Trinajstić information content (AvgIpc) is 2.88. The number of nitrogens with one attached hydrogen (secondary N) is 1. The van der Waals surface area contributed by atoms with Gasteiger partial charge in [-0.2, -0.15) is 0 Å². The minimum atomic E-state index is -0.229. The summed E-state index contributed by atoms with van der Waals surface area (Å²) in [6.45, 7) is 5.20. The Balaban J connectivity index is 1.61. The van der Waals surface area contributed by atoms with Crippen molar-refractivity contribution in [2.45, 2.75) is 19.9 Å². The summed E-state index contributed by atoms with van der Waals surface area (Å²) in [5.41, 5.74) is 2.27. The molecule has 2 aromatic carbocycles. The molecule has 0 aliphatic carbocycles. The molecule has 2 amide bonds. The average molecular weight is 369 g/mol. The molecule has 0 aromatic heterocycles. The molecule has 27 heavy (non-hydrogen) atoms. The van der Waals surface area contributed by atoms with Gasteiger partial charge < -0.3 is 10.2 Å². The van der Waals surface area contributed by atoms with Crippen LogP contribution in [-0.4, -0.2) is 47.8 Å². The van der Waals surface area contributed by atoms with Gasteiger partial charge in [-0.25, -0.2) is 4.39 Å². The van der Waals surface area contributed by atoms with E-state index in [4.69, 9.17) is 0 Å². The maximum absolute atomic E-state index is 13.0. The van der Waals surface area contributed by atoms with Crippen LogP contribution in [0.25, 0.3) is 0 Å². The molecule has 2 aromatic rings. The van der Waals surface area contributed by atoms with Crippen LogP contribution in [0.3, 0.4) is 0 Å². The van der Waals surface area contributed by atoms with Crippen molar-refractivity contribution in [1.82, 2.24) is 9.80 Å². The second kappa shape index (κ2) is 8.77. The molecule has 0 spiro atoms. The van der Waals surface area contributed by atoms with Gasteiger partial charge in [-0.1, -0.05) is 18.2 Å². The molecule has 0 saturated carbocycles. The Morgan fingerprint density at radius 3 is 2.56 bits per heavy atom. The van der Waals surface area contributed by atoms with Crippen LogP contribution in [0.2, 0.25) is 0 Å². The molecule has 0 radical (unpaired) electrons. The fourth-order valence-electron chi connectivity index (χ4n) is 3.30. The Labute approximate surface area is 158 Å². The standard InChI is InChI=1S/C21H24FN3O2/c1-16(26)23-20-5-2-4-18(14-20)21(27)25-11-3-10-24(12-13-25)15-17-6-8-19(22)9-7-17/h2,4-9,14H,3,10-13,15H2,1H3,(H,23,26). The Morgan fingerprint density at radius 2 is 1.81 bits per heavy atom. The predicted octanol–water partition coefficient (Wildman–Crippen LogP) is 3.13. The molecule has 0 unspecified atom stereocenters. The van der Waals surface area contributed by atoms with Crippen molar-refractivity contribution < 1.29 is 14.0 Å². The van der Waals surface area contributed by atoms with Crippen molar-refractivity contribution in [2.75, 3.05) is 31.5 Å². The van der Waals surface area contributed by atoms with E-state index in [1.807, 2.05) is 4.90 Å². The summed E-state index contributed by atoms with van der Waals surface area (Å²) in [5, 5.41) is 2.71. The highest BCUT2D eigenvalue weighted by Gasteiger charge is 2.20. The summed E-state index contributed by atoms with van der Waals surface area (Å²) in [4.78, 5) is 28.2. The summed E-state index contributed by atoms with van der Waals surface area (Å²) in [5.74, 6) is -0.412. The molecule has 6 heteroatoms. The van der Waals surface area contributed by atoms with Gasteiger partial charge in [0, 0.05) is 50.9 Å². The highest BCUT2D eigenvalue weighted by atomic mass is 19.1. The molecule has 142 valence electrons. The van der Waals surface area contributed by atoms with Crippen LogP contribution >= 0.6 is 0 Å². The molecule has 1 N–H and O–H groups in total. The number of halogens is 1. The van der Waals surface area contributed by atoms with Gasteiger partial charge in [0.15, 0.2) is 0 Å². The monoisotopic (exact) mass is 369 g/mol. The number of hydrogen-bond acceptors (Lipinski definition) is 3. The van der Waals surface area contributed by atoms with Crippen LogP contribution in [0.4, 0.5) is 10.1 Å². The number of benzene rings is 2. The zero-order valence-electron chi connectivity index (χ0n) is 15.5. The van der Waals surface area contributed by atoms with Crippen LogP contribution in [0.15, 0.2) is 48.5 Å². The van der Waals surface area contributed by atoms with E-state index in [0.29, 0.717) is 24.3 Å². The third kappa shape index (κ3) is 5.37. The van der Waals surface area contributed by atoms with Crippen LogP contribution in [0.5, 0.6) is 0 Å². The van der Waals surface area contributed by atoms with Crippen molar-refractivity contribution in [3.63, 3.8) is 0 Å². The first-order valence-corrected chi connectivity index (χ1v) is 9.15. The largest absolute Gasteiger partial charge is 0.337 e. The van der Waals surface area contributed by atoms with Crippen LogP contribution in [0, 0.1) is 5.82 Å². The van der Waals surface area contributed by atoms with Gasteiger partial charge in [-0.05, 0) is 42.3 Å². The number of amides is 2. The minimum absolute atomic E-state index is 0.0224. The molecule has 1 aliphatic rings. The van der Waals surface area contributed by atoms with Crippen LogP contribution in [0.1, 0.15) is 29.3 Å². The zero-order chi connectivity index (χ0) is 19.2. The van der Waals surface area contributed by atoms with E-state index in [0.717, 1.165) is 31.6 Å². The molecular weight excluding hydrogens is 345 g/mol. The van der Waals surface area contributed by atoms with Crippen molar-refractivity contribution in [3.8, 4) is 0 Å². The van der Waals surface area contributed by atoms with Gasteiger partial charge in [0.2, 0.25) is 5.91 Å². The maximum atomic E-state index is 13.0. The van der Waals surface area contributed by atoms with Gasteiger partial charge in [-0.15, -0.1) is 0 Å². The highest BCUT2D eigenvalue weighted by molar-refractivity contribution is 5.96. The number of rotatable bonds is 4. The van der Waals surface area contributed by atoms with Crippen molar-refractivity contribution >= 4 is 17.5 Å². The zero-order valence-corrected chi connectivity index (χ0v) is 15.5. The topological polar surface area (TPSA) is 52.7 Å². The first kappa shape index (κ1) is 19.0. The smallest absolute Gasteiger partial charge is 0.253 e. The van der Waals surface area contributed by atoms with Crippen molar-refractivity contribution in [3.05, 3.63) is 65.5 Å². The van der Waals surface area contributed by atoms with Crippen molar-refractivity contribution in [2.24, 2.45) is 0 Å². The van der Waals surface area contributed by atoms with Crippen molar-refractivity contribution in [1.29, 1.82) is 0 Å². The Morgan fingerprint density at radius 1 is 1.04 bits per heavy atom. The van der Waals surface area contributed by atoms with Crippen LogP contribution in [-0.2, 0) is 11.3 Å². The third-order valence-corrected chi connectivity index (χ3v) is 4.63. The minimum Gasteiger partial charge on any atom is -0.337 e. The quantitative estimate of drug-likeness (QED) is 0.901. The summed E-state index contributed by atoms with van der Waals surface area (Å²) in [6.07, 6.45) is 0.887. The summed E-state index contributed by atoms with van der Waals surface area (Å²) in [6, 6.07) is 13.6. The normalized spacial score (nSPS) is 15.3. The summed E-state index contributed by atoms with van der Waals surface area (Å²) >= 11 is 0. The molecule has 1 heterocycles. The second-order valence-corrected chi connectivity index (χ2v) is 6.81. The highest BCUT2D eigenvalue weighted by Crippen LogP contribution is 2.15. The summed E-state index contributed by atoms with van der Waals surface area (Å²) in [7, 11) is 0. The fourth-order valence-corrected chi connectivity index (χ4v) is 3.30. The molecule has 5 nitrogen and oxygen atoms in total. The van der Waals surface area contributed by atoms with E-state index in [9.17, 15) is 14.0 Å². The Kier molecular flexibility index (Phi) is 6.19. The number of hydrogen-bond donors (Lipinski definition) is 1. The lowest BCUT2D eigenvalue weighted by Crippen LogP contribution is -2.35. The first-order chi connectivity index (χ1) is 13.0. The van der Waals surface area contributed by atoms with E-state index in [-0.39, 0.29) is 17.6 Å². The van der Waals surface area contributed by atoms with Gasteiger partial charge in [-0.3, -0.25) is 14.5 Å². The Bertz CT molecular complexity index is 807. The SMILES string of the molecule is CC(=O)Nc1cccc(C(=O)N2CCCN(Cc3ccc(F)cc3)CC2)c1. The molecule has 1 aliphatic heterocycles. The Hall–Kier alpha value is -2.73. The molecule has 1 fully saturated rings. The maximum Gasteiger partial charge on any atom is 0.253 e. The lowest BCUT2D eigenvalue weighted by atomic mass is 10.1. The molecule has 0 bridgehead atoms. The van der Waals surface area contributed by atoms with Gasteiger partial charge >= 0.3 is 0 Å². The van der Waals surface area contributed by atoms with E-state index in [2.05, 4.69) is 10.2 Å². The van der Waals surface area contributed by atoms with Crippen LogP contribution < -0.4 is 5.32 Å². The third-order valence-electron chi connectivity index (χ3n) is 4.63. The number of nitrogens with zero attached hydrogens (tertiary/aromatic N) is 2. The predicted molar refractivity (Wildman–Crippen MR) is 103 cm³/mol. The van der Waals surface area contributed by atoms with Gasteiger partial charge in [0.1, 0.15) is 5.82 Å². The molecular formula is C21H24FN3O2. The first-order valence-electron chi connectivity index (χ1n) is 9.15. The van der Waals surface area contributed by atoms with Gasteiger partial charge in [0.25, 0.3) is 5.91 Å². The molecule has 3 rings (SSSR count). The molecule has 1 saturated heterocycles. The lowest BCUT2D eigenvalue weighted by Gasteiger charge is -2.22. The van der Waals surface area contributed by atoms with Gasteiger partial charge in [0.05, 0.1) is 0 Å². The fraction of sp³-hybridized carbons (Fsp3) is 0.333. The second-order valence-electron chi connectivity index (χ2n) is 6.81.